The predicted molar refractivity (Wildman–Crippen MR) is 87.6 cm³/mol. The molecule has 6 heteroatoms. The minimum atomic E-state index is -0.261. The van der Waals surface area contributed by atoms with E-state index in [2.05, 4.69) is 4.98 Å². The van der Waals surface area contributed by atoms with E-state index in [4.69, 9.17) is 9.47 Å². The molecule has 24 heavy (non-hydrogen) atoms. The van der Waals surface area contributed by atoms with Gasteiger partial charge in [0.05, 0.1) is 17.6 Å². The van der Waals surface area contributed by atoms with Crippen molar-refractivity contribution in [3.63, 3.8) is 0 Å². The Morgan fingerprint density at radius 2 is 1.96 bits per heavy atom. The van der Waals surface area contributed by atoms with E-state index < -0.39 is 0 Å². The Hall–Kier alpha value is -3.15. The Morgan fingerprint density at radius 1 is 1.17 bits per heavy atom. The van der Waals surface area contributed by atoms with Crippen molar-refractivity contribution < 1.29 is 14.3 Å². The maximum atomic E-state index is 12.6. The highest BCUT2D eigenvalue weighted by Gasteiger charge is 2.18. The van der Waals surface area contributed by atoms with Crippen LogP contribution >= 0.6 is 0 Å². The molecule has 0 amide bonds. The van der Waals surface area contributed by atoms with Gasteiger partial charge in [-0.25, -0.2) is 4.98 Å². The smallest absolute Gasteiger partial charge is 0.272 e. The van der Waals surface area contributed by atoms with Gasteiger partial charge in [-0.2, -0.15) is 0 Å². The summed E-state index contributed by atoms with van der Waals surface area (Å²) in [5.41, 5.74) is 1.91. The van der Waals surface area contributed by atoms with Gasteiger partial charge < -0.3 is 9.47 Å². The number of para-hydroxylation sites is 2. The SMILES string of the molecule is Cc1nc2ccccc2n(CC(=O)c2ccc3c(c2)OCO3)c1=O. The third-order valence-electron chi connectivity index (χ3n) is 4.01. The molecule has 0 atom stereocenters. The van der Waals surface area contributed by atoms with E-state index in [1.54, 1.807) is 31.2 Å². The van der Waals surface area contributed by atoms with Crippen LogP contribution < -0.4 is 15.0 Å². The number of aromatic nitrogens is 2. The standard InChI is InChI=1S/C18H14N2O4/c1-11-18(22)20(14-5-3-2-4-13(14)19-11)9-15(21)12-6-7-16-17(8-12)24-10-23-16/h2-8H,9-10H2,1H3. The van der Waals surface area contributed by atoms with Crippen LogP contribution in [0.4, 0.5) is 0 Å². The van der Waals surface area contributed by atoms with Crippen LogP contribution in [-0.2, 0) is 6.54 Å². The van der Waals surface area contributed by atoms with Crippen molar-refractivity contribution in [3.8, 4) is 11.5 Å². The van der Waals surface area contributed by atoms with Crippen LogP contribution in [0.25, 0.3) is 11.0 Å². The lowest BCUT2D eigenvalue weighted by molar-refractivity contribution is 0.0972. The minimum absolute atomic E-state index is 0.0532. The number of fused-ring (bicyclic) bond motifs is 2. The number of rotatable bonds is 3. The first-order valence-electron chi connectivity index (χ1n) is 7.52. The molecule has 120 valence electrons. The minimum Gasteiger partial charge on any atom is -0.454 e. The fourth-order valence-electron chi connectivity index (χ4n) is 2.78. The van der Waals surface area contributed by atoms with Crippen LogP contribution in [0, 0.1) is 6.92 Å². The number of aryl methyl sites for hydroxylation is 1. The molecule has 0 N–H and O–H groups in total. The van der Waals surface area contributed by atoms with Gasteiger partial charge in [-0.05, 0) is 37.3 Å². The van der Waals surface area contributed by atoms with Gasteiger partial charge in [0.15, 0.2) is 17.3 Å². The maximum Gasteiger partial charge on any atom is 0.272 e. The number of Topliss-reactive ketones (excluding diaryl/α,β-unsaturated/α-hetero) is 1. The van der Waals surface area contributed by atoms with E-state index in [-0.39, 0.29) is 24.7 Å². The van der Waals surface area contributed by atoms with Crippen molar-refractivity contribution in [2.75, 3.05) is 6.79 Å². The average Bonchev–Trinajstić information content (AvgIpc) is 3.06. The normalized spacial score (nSPS) is 12.5. The summed E-state index contributed by atoms with van der Waals surface area (Å²) < 4.78 is 12.0. The molecule has 0 fully saturated rings. The van der Waals surface area contributed by atoms with Crippen LogP contribution in [0.2, 0.25) is 0 Å². The van der Waals surface area contributed by atoms with Crippen molar-refractivity contribution in [3.05, 3.63) is 64.1 Å². The summed E-state index contributed by atoms with van der Waals surface area (Å²) in [5.74, 6) is 0.990. The number of nitrogens with zero attached hydrogens (tertiary/aromatic N) is 2. The van der Waals surface area contributed by atoms with Gasteiger partial charge in [-0.3, -0.25) is 14.2 Å². The summed E-state index contributed by atoms with van der Waals surface area (Å²) in [6.07, 6.45) is 0. The van der Waals surface area contributed by atoms with Gasteiger partial charge in [0.25, 0.3) is 5.56 Å². The van der Waals surface area contributed by atoms with Crippen LogP contribution in [0.3, 0.4) is 0 Å². The topological polar surface area (TPSA) is 70.4 Å². The summed E-state index contributed by atoms with van der Waals surface area (Å²) in [5, 5.41) is 0. The second-order valence-electron chi connectivity index (χ2n) is 5.57. The number of carbonyl (C=O) groups excluding carboxylic acids is 1. The van der Waals surface area contributed by atoms with Crippen LogP contribution in [0.5, 0.6) is 11.5 Å². The number of ketones is 1. The fraction of sp³-hybridized carbons (Fsp3) is 0.167. The first-order valence-corrected chi connectivity index (χ1v) is 7.52. The van der Waals surface area contributed by atoms with Crippen molar-refractivity contribution in [1.29, 1.82) is 0 Å². The molecular formula is C18H14N2O4. The van der Waals surface area contributed by atoms with E-state index >= 15 is 0 Å². The molecule has 0 saturated carbocycles. The summed E-state index contributed by atoms with van der Waals surface area (Å²) in [6.45, 7) is 1.75. The average molecular weight is 322 g/mol. The molecule has 0 bridgehead atoms. The zero-order chi connectivity index (χ0) is 16.7. The molecule has 0 unspecified atom stereocenters. The van der Waals surface area contributed by atoms with Crippen LogP contribution in [0.1, 0.15) is 16.1 Å². The van der Waals surface area contributed by atoms with Crippen LogP contribution in [0.15, 0.2) is 47.3 Å². The lowest BCUT2D eigenvalue weighted by Crippen LogP contribution is -2.27. The Labute approximate surface area is 137 Å². The third-order valence-corrected chi connectivity index (χ3v) is 4.01. The molecule has 0 spiro atoms. The molecule has 2 aromatic carbocycles. The fourth-order valence-corrected chi connectivity index (χ4v) is 2.78. The molecule has 1 aliphatic heterocycles. The van der Waals surface area contributed by atoms with Crippen molar-refractivity contribution >= 4 is 16.8 Å². The van der Waals surface area contributed by atoms with Gasteiger partial charge in [0, 0.05) is 5.56 Å². The maximum absolute atomic E-state index is 12.6. The molecule has 6 nitrogen and oxygen atoms in total. The number of ether oxygens (including phenoxy) is 2. The largest absolute Gasteiger partial charge is 0.454 e. The van der Waals surface area contributed by atoms with Crippen molar-refractivity contribution in [2.24, 2.45) is 0 Å². The van der Waals surface area contributed by atoms with E-state index in [1.807, 2.05) is 18.2 Å². The molecule has 1 aromatic heterocycles. The molecule has 1 aliphatic rings. The first kappa shape index (κ1) is 14.4. The first-order chi connectivity index (χ1) is 11.6. The summed E-state index contributed by atoms with van der Waals surface area (Å²) in [7, 11) is 0. The Morgan fingerprint density at radius 3 is 2.83 bits per heavy atom. The zero-order valence-corrected chi connectivity index (χ0v) is 13.0. The number of carbonyl (C=O) groups is 1. The van der Waals surface area contributed by atoms with Gasteiger partial charge in [-0.1, -0.05) is 12.1 Å². The van der Waals surface area contributed by atoms with Gasteiger partial charge in [-0.15, -0.1) is 0 Å². The molecule has 0 aliphatic carbocycles. The van der Waals surface area contributed by atoms with Gasteiger partial charge in [0.1, 0.15) is 5.69 Å². The Bertz CT molecular complexity index is 1020. The van der Waals surface area contributed by atoms with Crippen LogP contribution in [-0.4, -0.2) is 22.1 Å². The monoisotopic (exact) mass is 322 g/mol. The third kappa shape index (κ3) is 2.32. The van der Waals surface area contributed by atoms with Crippen molar-refractivity contribution in [2.45, 2.75) is 13.5 Å². The lowest BCUT2D eigenvalue weighted by atomic mass is 10.1. The summed E-state index contributed by atoms with van der Waals surface area (Å²) >= 11 is 0. The van der Waals surface area contributed by atoms with E-state index in [0.717, 1.165) is 0 Å². The van der Waals surface area contributed by atoms with E-state index in [1.165, 1.54) is 4.57 Å². The highest BCUT2D eigenvalue weighted by atomic mass is 16.7. The number of hydrogen-bond donors (Lipinski definition) is 0. The zero-order valence-electron chi connectivity index (χ0n) is 13.0. The highest BCUT2D eigenvalue weighted by molar-refractivity contribution is 5.97. The number of benzene rings is 2. The quantitative estimate of drug-likeness (QED) is 0.692. The molecule has 2 heterocycles. The Balaban J connectivity index is 1.75. The molecular weight excluding hydrogens is 308 g/mol. The Kier molecular flexibility index (Phi) is 3.30. The number of hydrogen-bond acceptors (Lipinski definition) is 5. The van der Waals surface area contributed by atoms with Gasteiger partial charge in [0.2, 0.25) is 6.79 Å². The van der Waals surface area contributed by atoms with Crippen molar-refractivity contribution in [1.82, 2.24) is 9.55 Å². The highest BCUT2D eigenvalue weighted by Crippen LogP contribution is 2.32. The van der Waals surface area contributed by atoms with E-state index in [9.17, 15) is 9.59 Å². The molecule has 0 saturated heterocycles. The van der Waals surface area contributed by atoms with Gasteiger partial charge >= 0.3 is 0 Å². The second kappa shape index (κ2) is 5.49. The molecule has 4 rings (SSSR count). The lowest BCUT2D eigenvalue weighted by Gasteiger charge is -2.10. The summed E-state index contributed by atoms with van der Waals surface area (Å²) in [4.78, 5) is 29.4. The second-order valence-corrected chi connectivity index (χ2v) is 5.57. The molecule has 3 aromatic rings. The van der Waals surface area contributed by atoms with E-state index in [0.29, 0.717) is 33.8 Å². The predicted octanol–water partition coefficient (Wildman–Crippen LogP) is 2.32. The summed E-state index contributed by atoms with van der Waals surface area (Å²) in [6, 6.07) is 12.3. The molecule has 0 radical (unpaired) electrons.